The zero-order chi connectivity index (χ0) is 17.6. The van der Waals surface area contributed by atoms with E-state index in [4.69, 9.17) is 16.2 Å². The summed E-state index contributed by atoms with van der Waals surface area (Å²) in [4.78, 5) is 6.24. The second-order valence-corrected chi connectivity index (χ2v) is 5.81. The largest absolute Gasteiger partial charge is 0.384 e. The molecule has 4 N–H and O–H groups in total. The maximum Gasteiger partial charge on any atom is 0.153 e. The SMILES string of the molecule is C=C(Cc1ccccc1/N=N/c1ccc(N)nc1N)N1CCOCC1. The van der Waals surface area contributed by atoms with Crippen LogP contribution in [0, 0.1) is 0 Å². The number of nitrogen functional groups attached to an aromatic ring is 2. The van der Waals surface area contributed by atoms with E-state index in [0.717, 1.165) is 43.3 Å². The topological polar surface area (TPSA) is 102 Å². The molecule has 130 valence electrons. The number of benzene rings is 1. The number of pyridine rings is 1. The summed E-state index contributed by atoms with van der Waals surface area (Å²) in [6.45, 7) is 7.43. The second-order valence-electron chi connectivity index (χ2n) is 5.81. The lowest BCUT2D eigenvalue weighted by molar-refractivity contribution is 0.0529. The van der Waals surface area contributed by atoms with E-state index in [2.05, 4.69) is 26.7 Å². The van der Waals surface area contributed by atoms with Crippen molar-refractivity contribution in [3.05, 3.63) is 54.2 Å². The van der Waals surface area contributed by atoms with Crippen molar-refractivity contribution in [2.75, 3.05) is 37.8 Å². The fraction of sp³-hybridized carbons (Fsp3) is 0.278. The lowest BCUT2D eigenvalue weighted by atomic mass is 10.1. The van der Waals surface area contributed by atoms with Crippen LogP contribution in [0.5, 0.6) is 0 Å². The van der Waals surface area contributed by atoms with Gasteiger partial charge >= 0.3 is 0 Å². The van der Waals surface area contributed by atoms with Crippen molar-refractivity contribution >= 4 is 23.0 Å². The molecule has 0 amide bonds. The number of aromatic nitrogens is 1. The molecular formula is C18H22N6O. The van der Waals surface area contributed by atoms with Gasteiger partial charge in [0.15, 0.2) is 5.82 Å². The Morgan fingerprint density at radius 2 is 1.80 bits per heavy atom. The average Bonchev–Trinajstić information content (AvgIpc) is 2.63. The Bertz CT molecular complexity index is 783. The molecule has 0 aliphatic carbocycles. The third-order valence-electron chi connectivity index (χ3n) is 4.03. The highest BCUT2D eigenvalue weighted by Gasteiger charge is 2.13. The fourth-order valence-electron chi connectivity index (χ4n) is 2.64. The van der Waals surface area contributed by atoms with Gasteiger partial charge in [0.05, 0.1) is 18.9 Å². The van der Waals surface area contributed by atoms with Gasteiger partial charge in [0, 0.05) is 25.2 Å². The molecule has 0 atom stereocenters. The van der Waals surface area contributed by atoms with Gasteiger partial charge in [0.2, 0.25) is 0 Å². The molecule has 1 aromatic carbocycles. The summed E-state index contributed by atoms with van der Waals surface area (Å²) in [6.07, 6.45) is 0.713. The first-order chi connectivity index (χ1) is 12.1. The summed E-state index contributed by atoms with van der Waals surface area (Å²) < 4.78 is 5.39. The van der Waals surface area contributed by atoms with Gasteiger partial charge in [-0.25, -0.2) is 4.98 Å². The van der Waals surface area contributed by atoms with Crippen molar-refractivity contribution in [3.63, 3.8) is 0 Å². The quantitative estimate of drug-likeness (QED) is 0.816. The van der Waals surface area contributed by atoms with Crippen LogP contribution in [0.15, 0.2) is 58.9 Å². The number of allylic oxidation sites excluding steroid dienone is 1. The van der Waals surface area contributed by atoms with Gasteiger partial charge in [-0.3, -0.25) is 0 Å². The van der Waals surface area contributed by atoms with E-state index in [1.54, 1.807) is 12.1 Å². The standard InChI is InChI=1S/C18H22N6O/c1-13(24-8-10-25-11-9-24)12-14-4-2-3-5-15(14)22-23-16-6-7-17(19)21-18(16)20/h2-7H,1,8-12H2,(H4,19,20,21)/b23-22+. The molecule has 7 nitrogen and oxygen atoms in total. The molecule has 0 radical (unpaired) electrons. The number of hydrogen-bond donors (Lipinski definition) is 2. The zero-order valence-corrected chi connectivity index (χ0v) is 14.1. The highest BCUT2D eigenvalue weighted by atomic mass is 16.5. The van der Waals surface area contributed by atoms with E-state index >= 15 is 0 Å². The third kappa shape index (κ3) is 4.33. The average molecular weight is 338 g/mol. The summed E-state index contributed by atoms with van der Waals surface area (Å²) in [5, 5.41) is 8.56. The van der Waals surface area contributed by atoms with Crippen LogP contribution >= 0.6 is 0 Å². The normalized spacial score (nSPS) is 14.8. The maximum absolute atomic E-state index is 5.82. The second kappa shape index (κ2) is 7.76. The van der Waals surface area contributed by atoms with Crippen LogP contribution in [0.2, 0.25) is 0 Å². The van der Waals surface area contributed by atoms with Crippen LogP contribution in [0.1, 0.15) is 5.56 Å². The Labute approximate surface area is 147 Å². The van der Waals surface area contributed by atoms with Crippen molar-refractivity contribution < 1.29 is 4.74 Å². The first-order valence-electron chi connectivity index (χ1n) is 8.15. The number of azo groups is 1. The Balaban J connectivity index is 1.76. The van der Waals surface area contributed by atoms with Gasteiger partial charge in [-0.05, 0) is 23.8 Å². The molecule has 2 heterocycles. The minimum absolute atomic E-state index is 0.263. The molecule has 1 aliphatic heterocycles. The lowest BCUT2D eigenvalue weighted by Gasteiger charge is -2.30. The number of anilines is 2. The van der Waals surface area contributed by atoms with E-state index in [-0.39, 0.29) is 5.82 Å². The fourth-order valence-corrected chi connectivity index (χ4v) is 2.64. The minimum atomic E-state index is 0.263. The third-order valence-corrected chi connectivity index (χ3v) is 4.03. The Morgan fingerprint density at radius 1 is 1.08 bits per heavy atom. The summed E-state index contributed by atoms with van der Waals surface area (Å²) >= 11 is 0. The maximum atomic E-state index is 5.82. The molecule has 0 spiro atoms. The number of rotatable bonds is 5. The number of nitrogens with zero attached hydrogens (tertiary/aromatic N) is 4. The molecule has 3 rings (SSSR count). The summed E-state index contributed by atoms with van der Waals surface area (Å²) in [5.41, 5.74) is 14.8. The predicted octanol–water partition coefficient (Wildman–Crippen LogP) is 3.05. The van der Waals surface area contributed by atoms with Crippen molar-refractivity contribution in [2.45, 2.75) is 6.42 Å². The Hall–Kier alpha value is -2.93. The van der Waals surface area contributed by atoms with Crippen molar-refractivity contribution in [2.24, 2.45) is 10.2 Å². The van der Waals surface area contributed by atoms with Crippen molar-refractivity contribution in [1.82, 2.24) is 9.88 Å². The molecule has 1 aromatic heterocycles. The van der Waals surface area contributed by atoms with E-state index < -0.39 is 0 Å². The number of morpholine rings is 1. The molecule has 1 saturated heterocycles. The summed E-state index contributed by atoms with van der Waals surface area (Å²) in [6, 6.07) is 11.2. The molecule has 0 unspecified atom stereocenters. The summed E-state index contributed by atoms with van der Waals surface area (Å²) in [5.74, 6) is 0.623. The first kappa shape index (κ1) is 16.9. The number of hydrogen-bond acceptors (Lipinski definition) is 7. The van der Waals surface area contributed by atoms with Crippen LogP contribution in [-0.2, 0) is 11.2 Å². The Kier molecular flexibility index (Phi) is 5.25. The molecule has 1 fully saturated rings. The van der Waals surface area contributed by atoms with E-state index in [0.29, 0.717) is 17.9 Å². The molecule has 25 heavy (non-hydrogen) atoms. The van der Waals surface area contributed by atoms with Crippen LogP contribution in [-0.4, -0.2) is 36.2 Å². The van der Waals surface area contributed by atoms with Gasteiger partial charge in [0.25, 0.3) is 0 Å². The van der Waals surface area contributed by atoms with Gasteiger partial charge in [-0.15, -0.1) is 5.11 Å². The first-order valence-corrected chi connectivity index (χ1v) is 8.15. The molecule has 0 bridgehead atoms. The van der Waals surface area contributed by atoms with E-state index in [9.17, 15) is 0 Å². The molecule has 0 saturated carbocycles. The highest BCUT2D eigenvalue weighted by molar-refractivity contribution is 5.60. The van der Waals surface area contributed by atoms with Crippen molar-refractivity contribution in [3.8, 4) is 0 Å². The van der Waals surface area contributed by atoms with Gasteiger partial charge in [0.1, 0.15) is 11.5 Å². The molecular weight excluding hydrogens is 316 g/mol. The molecule has 1 aliphatic rings. The van der Waals surface area contributed by atoms with Gasteiger partial charge in [-0.1, -0.05) is 24.8 Å². The number of ether oxygens (including phenoxy) is 1. The highest BCUT2D eigenvalue weighted by Crippen LogP contribution is 2.27. The Morgan fingerprint density at radius 3 is 2.56 bits per heavy atom. The van der Waals surface area contributed by atoms with Crippen LogP contribution < -0.4 is 11.5 Å². The van der Waals surface area contributed by atoms with Gasteiger partial charge < -0.3 is 21.1 Å². The zero-order valence-electron chi connectivity index (χ0n) is 14.1. The monoisotopic (exact) mass is 338 g/mol. The minimum Gasteiger partial charge on any atom is -0.384 e. The predicted molar refractivity (Wildman–Crippen MR) is 98.9 cm³/mol. The molecule has 7 heteroatoms. The smallest absolute Gasteiger partial charge is 0.153 e. The van der Waals surface area contributed by atoms with Crippen LogP contribution in [0.3, 0.4) is 0 Å². The van der Waals surface area contributed by atoms with Crippen molar-refractivity contribution in [1.29, 1.82) is 0 Å². The van der Waals surface area contributed by atoms with Crippen LogP contribution in [0.25, 0.3) is 0 Å². The number of nitrogens with two attached hydrogens (primary N) is 2. The van der Waals surface area contributed by atoms with E-state index in [1.165, 1.54) is 0 Å². The van der Waals surface area contributed by atoms with Gasteiger partial charge in [-0.2, -0.15) is 5.11 Å². The molecule has 2 aromatic rings. The van der Waals surface area contributed by atoms with E-state index in [1.807, 2.05) is 24.3 Å². The summed E-state index contributed by atoms with van der Waals surface area (Å²) in [7, 11) is 0. The lowest BCUT2D eigenvalue weighted by Crippen LogP contribution is -2.35. The van der Waals surface area contributed by atoms with Crippen LogP contribution in [0.4, 0.5) is 23.0 Å².